The first-order valence-electron chi connectivity index (χ1n) is 3.37. The molecule has 0 amide bonds. The number of hydrogen-bond acceptors (Lipinski definition) is 7. The molecule has 0 rings (SSSR count). The predicted molar refractivity (Wildman–Crippen MR) is 37.3 cm³/mol. The van der Waals surface area contributed by atoms with E-state index in [9.17, 15) is 14.4 Å². The van der Waals surface area contributed by atoms with Crippen LogP contribution < -0.4 is 68.9 Å². The fraction of sp³-hybridized carbons (Fsp3) is 1.00. The molecular weight excluding hydrogens is 249 g/mol. The summed E-state index contributed by atoms with van der Waals surface area (Å²) in [4.78, 5) is 19.9. The van der Waals surface area contributed by atoms with Crippen LogP contribution in [0.4, 0.5) is 0 Å². The van der Waals surface area contributed by atoms with Crippen LogP contribution >= 0.6 is 7.82 Å². The Morgan fingerprint density at radius 1 is 1.47 bits per heavy atom. The largest absolute Gasteiger partial charge is 1.00 e. The van der Waals surface area contributed by atoms with E-state index in [2.05, 4.69) is 4.52 Å². The summed E-state index contributed by atoms with van der Waals surface area (Å²) in [5.74, 6) is 0. The molecule has 3 N–H and O–H groups in total. The number of phosphoric acid groups is 1. The normalized spacial score (nSPS) is 16.9. The van der Waals surface area contributed by atoms with Gasteiger partial charge in [0.05, 0.1) is 21.0 Å². The molecule has 0 aromatic rings. The monoisotopic (exact) mass is 260 g/mol. The standard InChI is InChI=1S/C5H13O7P.2Na/c1-5(8,3-6)4(7)2-12-13(9,10)11;;/h4,6-8H,2-3H2,1H3,(H2,9,10,11);;/q;2*+1/p-2/t4-,5?;;/m1../s1. The zero-order valence-corrected chi connectivity index (χ0v) is 13.8. The predicted octanol–water partition coefficient (Wildman–Crippen LogP) is -9.06. The number of phosphoric ester groups is 1. The van der Waals surface area contributed by atoms with Gasteiger partial charge in [-0.25, -0.2) is 0 Å². The average molecular weight is 260 g/mol. The number of hydrogen-bond donors (Lipinski definition) is 3. The van der Waals surface area contributed by atoms with Crippen LogP contribution in [0.5, 0.6) is 0 Å². The molecule has 0 aromatic heterocycles. The summed E-state index contributed by atoms with van der Waals surface area (Å²) in [6.07, 6.45) is -1.64. The molecule has 0 fully saturated rings. The van der Waals surface area contributed by atoms with Crippen LogP contribution in [0, 0.1) is 0 Å². The molecular formula is C5H11Na2O7P. The van der Waals surface area contributed by atoms with Crippen LogP contribution in [0.25, 0.3) is 0 Å². The molecule has 0 spiro atoms. The maximum absolute atomic E-state index is 9.95. The van der Waals surface area contributed by atoms with Crippen molar-refractivity contribution < 1.29 is 93.3 Å². The third kappa shape index (κ3) is 10.8. The molecule has 80 valence electrons. The van der Waals surface area contributed by atoms with Crippen molar-refractivity contribution in [1.29, 1.82) is 0 Å². The second-order valence-electron chi connectivity index (χ2n) is 2.77. The van der Waals surface area contributed by atoms with Gasteiger partial charge in [0, 0.05) is 0 Å². The first kappa shape index (κ1) is 22.2. The fourth-order valence-electron chi connectivity index (χ4n) is 0.447. The van der Waals surface area contributed by atoms with E-state index < -0.39 is 32.7 Å². The van der Waals surface area contributed by atoms with Crippen molar-refractivity contribution in [2.45, 2.75) is 18.6 Å². The van der Waals surface area contributed by atoms with E-state index in [1.165, 1.54) is 0 Å². The van der Waals surface area contributed by atoms with Gasteiger partial charge in [-0.05, 0) is 6.92 Å². The Morgan fingerprint density at radius 3 is 2.13 bits per heavy atom. The van der Waals surface area contributed by atoms with Gasteiger partial charge in [-0.1, -0.05) is 0 Å². The Kier molecular flexibility index (Phi) is 13.3. The van der Waals surface area contributed by atoms with E-state index in [1.54, 1.807) is 0 Å². The summed E-state index contributed by atoms with van der Waals surface area (Å²) >= 11 is 0. The molecule has 2 atom stereocenters. The van der Waals surface area contributed by atoms with Gasteiger partial charge in [-0.2, -0.15) is 0 Å². The van der Waals surface area contributed by atoms with Crippen molar-refractivity contribution in [1.82, 2.24) is 0 Å². The molecule has 0 saturated carbocycles. The fourth-order valence-corrected chi connectivity index (χ4v) is 0.771. The Bertz CT molecular complexity index is 206. The Balaban J connectivity index is -0.000000720. The number of aliphatic hydroxyl groups excluding tert-OH is 2. The topological polar surface area (TPSA) is 133 Å². The summed E-state index contributed by atoms with van der Waals surface area (Å²) in [5.41, 5.74) is -1.89. The molecule has 0 saturated heterocycles. The summed E-state index contributed by atoms with van der Waals surface area (Å²) in [6.45, 7) is -0.584. The van der Waals surface area contributed by atoms with Crippen molar-refractivity contribution in [3.63, 3.8) is 0 Å². The molecule has 1 unspecified atom stereocenters. The van der Waals surface area contributed by atoms with E-state index in [0.29, 0.717) is 0 Å². The molecule has 7 nitrogen and oxygen atoms in total. The van der Waals surface area contributed by atoms with E-state index in [4.69, 9.17) is 15.3 Å². The summed E-state index contributed by atoms with van der Waals surface area (Å²) < 4.78 is 13.6. The zero-order chi connectivity index (χ0) is 10.7. The van der Waals surface area contributed by atoms with E-state index >= 15 is 0 Å². The van der Waals surface area contributed by atoms with Gasteiger partial charge in [0.25, 0.3) is 0 Å². The van der Waals surface area contributed by atoms with Gasteiger partial charge in [-0.15, -0.1) is 0 Å². The van der Waals surface area contributed by atoms with Crippen LogP contribution in [-0.2, 0) is 9.09 Å². The van der Waals surface area contributed by atoms with E-state index in [0.717, 1.165) is 6.92 Å². The quantitative estimate of drug-likeness (QED) is 0.330. The zero-order valence-electron chi connectivity index (χ0n) is 8.91. The number of aliphatic hydroxyl groups is 3. The third-order valence-electron chi connectivity index (χ3n) is 1.43. The minimum Gasteiger partial charge on any atom is -0.790 e. The molecule has 10 heteroatoms. The van der Waals surface area contributed by atoms with Crippen molar-refractivity contribution in [3.05, 3.63) is 0 Å². The smallest absolute Gasteiger partial charge is 0.790 e. The molecule has 0 aliphatic rings. The van der Waals surface area contributed by atoms with Gasteiger partial charge in [0.1, 0.15) is 11.7 Å². The van der Waals surface area contributed by atoms with Crippen LogP contribution in [0.3, 0.4) is 0 Å². The minimum atomic E-state index is -5.15. The first-order valence-corrected chi connectivity index (χ1v) is 4.83. The molecule has 0 aromatic carbocycles. The van der Waals surface area contributed by atoms with Gasteiger partial charge in [0.2, 0.25) is 0 Å². The maximum Gasteiger partial charge on any atom is 1.00 e. The van der Waals surface area contributed by atoms with Crippen molar-refractivity contribution in [3.8, 4) is 0 Å². The van der Waals surface area contributed by atoms with Gasteiger partial charge < -0.3 is 34.2 Å². The Hall–Kier alpha value is 1.99. The van der Waals surface area contributed by atoms with Crippen LogP contribution in [0.15, 0.2) is 0 Å². The van der Waals surface area contributed by atoms with Crippen molar-refractivity contribution >= 4 is 7.82 Å². The molecule has 15 heavy (non-hydrogen) atoms. The van der Waals surface area contributed by atoms with Gasteiger partial charge >= 0.3 is 59.1 Å². The van der Waals surface area contributed by atoms with Crippen LogP contribution in [-0.4, -0.2) is 40.2 Å². The molecule has 0 aliphatic heterocycles. The third-order valence-corrected chi connectivity index (χ3v) is 1.89. The minimum absolute atomic E-state index is 0. The van der Waals surface area contributed by atoms with Gasteiger partial charge in [0.15, 0.2) is 0 Å². The summed E-state index contributed by atoms with van der Waals surface area (Å²) in [5, 5.41) is 26.6. The van der Waals surface area contributed by atoms with Crippen LogP contribution in [0.1, 0.15) is 6.92 Å². The number of rotatable bonds is 5. The summed E-state index contributed by atoms with van der Waals surface area (Å²) in [7, 11) is -5.15. The second kappa shape index (κ2) is 8.99. The van der Waals surface area contributed by atoms with E-state index in [1.807, 2.05) is 0 Å². The molecule has 0 radical (unpaired) electrons. The average Bonchev–Trinajstić information content (AvgIpc) is 1.98. The summed E-state index contributed by atoms with van der Waals surface area (Å²) in [6, 6.07) is 0. The molecule has 0 aliphatic carbocycles. The van der Waals surface area contributed by atoms with Crippen molar-refractivity contribution in [2.75, 3.05) is 13.2 Å². The first-order chi connectivity index (χ1) is 5.69. The maximum atomic E-state index is 9.95. The molecule has 0 heterocycles. The Morgan fingerprint density at radius 2 is 1.87 bits per heavy atom. The Labute approximate surface area is 132 Å². The van der Waals surface area contributed by atoms with Crippen molar-refractivity contribution in [2.24, 2.45) is 0 Å². The molecule has 0 bridgehead atoms. The van der Waals surface area contributed by atoms with E-state index in [-0.39, 0.29) is 59.1 Å². The SMILES string of the molecule is CC(O)(CO)[C@H](O)COP(=O)([O-])[O-].[Na+].[Na+]. The van der Waals surface area contributed by atoms with Crippen LogP contribution in [0.2, 0.25) is 0 Å². The van der Waals surface area contributed by atoms with Gasteiger partial charge in [-0.3, -0.25) is 0 Å². The second-order valence-corrected chi connectivity index (χ2v) is 3.93.